The summed E-state index contributed by atoms with van der Waals surface area (Å²) >= 11 is 0. The maximum atomic E-state index is 13.5. The van der Waals surface area contributed by atoms with Crippen LogP contribution >= 0.6 is 0 Å². The molecule has 2 aliphatic rings. The second kappa shape index (κ2) is 10.7. The Balaban J connectivity index is 1.26. The number of amides is 1. The lowest BCUT2D eigenvalue weighted by Crippen LogP contribution is -2.31. The van der Waals surface area contributed by atoms with Crippen LogP contribution in [0, 0.1) is 12.8 Å². The van der Waals surface area contributed by atoms with E-state index >= 15 is 0 Å². The molecule has 6 nitrogen and oxygen atoms in total. The standard InChI is InChI=1S/C35H36N2O4/c1-5-40-34(39)35(19-20-35)26-17-15-25(16-18-26)27-13-9-10-14-28(27)32-31(22(2)36-41-32)29-21-30(29)33(38)37(4)23(3)24-11-7-6-8-12-24/h6-18,23,29-30H,5,19-21H2,1-4H3/t23-,29?,30?/m1/s1. The van der Waals surface area contributed by atoms with Gasteiger partial charge in [-0.15, -0.1) is 0 Å². The van der Waals surface area contributed by atoms with Crippen molar-refractivity contribution in [3.05, 3.63) is 101 Å². The smallest absolute Gasteiger partial charge is 0.316 e. The van der Waals surface area contributed by atoms with E-state index in [0.29, 0.717) is 6.61 Å². The predicted octanol–water partition coefficient (Wildman–Crippen LogP) is 7.23. The molecule has 3 aromatic carbocycles. The van der Waals surface area contributed by atoms with E-state index in [0.717, 1.165) is 64.1 Å². The van der Waals surface area contributed by atoms with Crippen LogP contribution in [0.15, 0.2) is 83.4 Å². The summed E-state index contributed by atoms with van der Waals surface area (Å²) in [5.41, 5.74) is 6.48. The molecule has 0 saturated heterocycles. The zero-order valence-corrected chi connectivity index (χ0v) is 24.1. The van der Waals surface area contributed by atoms with E-state index in [1.165, 1.54) is 0 Å². The lowest BCUT2D eigenvalue weighted by Gasteiger charge is -2.25. The molecule has 1 amide bonds. The fraction of sp³-hybridized carbons (Fsp3) is 0.343. The Kier molecular flexibility index (Phi) is 7.02. The van der Waals surface area contributed by atoms with Crippen LogP contribution in [0.25, 0.3) is 22.5 Å². The molecule has 2 unspecified atom stereocenters. The number of hydrogen-bond acceptors (Lipinski definition) is 5. The second-order valence-electron chi connectivity index (χ2n) is 11.4. The molecule has 0 bridgehead atoms. The molecule has 6 heteroatoms. The van der Waals surface area contributed by atoms with Crippen LogP contribution in [0.3, 0.4) is 0 Å². The first-order valence-corrected chi connectivity index (χ1v) is 14.5. The molecule has 1 heterocycles. The van der Waals surface area contributed by atoms with Gasteiger partial charge in [-0.3, -0.25) is 9.59 Å². The van der Waals surface area contributed by atoms with E-state index in [4.69, 9.17) is 9.26 Å². The first-order valence-electron chi connectivity index (χ1n) is 14.5. The third-order valence-electron chi connectivity index (χ3n) is 8.93. The van der Waals surface area contributed by atoms with Crippen LogP contribution in [0.5, 0.6) is 0 Å². The maximum absolute atomic E-state index is 13.5. The monoisotopic (exact) mass is 548 g/mol. The minimum atomic E-state index is -0.498. The van der Waals surface area contributed by atoms with Crippen molar-refractivity contribution in [2.45, 2.75) is 57.4 Å². The Morgan fingerprint density at radius 2 is 1.66 bits per heavy atom. The average molecular weight is 549 g/mol. The van der Waals surface area contributed by atoms with Gasteiger partial charge in [-0.1, -0.05) is 84.0 Å². The Morgan fingerprint density at radius 1 is 1.00 bits per heavy atom. The molecule has 0 N–H and O–H groups in total. The molecule has 2 fully saturated rings. The SMILES string of the molecule is CCOC(=O)C1(c2ccc(-c3ccccc3-c3onc(C)c3C3CC3C(=O)N(C)[C@H](C)c3ccccc3)cc2)CC1. The number of esters is 1. The zero-order valence-electron chi connectivity index (χ0n) is 24.1. The molecular formula is C35H36N2O4. The number of aryl methyl sites for hydroxylation is 1. The topological polar surface area (TPSA) is 72.6 Å². The molecule has 0 aliphatic heterocycles. The molecule has 0 radical (unpaired) electrons. The van der Waals surface area contributed by atoms with Crippen molar-refractivity contribution in [1.82, 2.24) is 10.1 Å². The van der Waals surface area contributed by atoms with Crippen molar-refractivity contribution in [3.8, 4) is 22.5 Å². The highest BCUT2D eigenvalue weighted by Crippen LogP contribution is 2.54. The number of aromatic nitrogens is 1. The molecule has 4 aromatic rings. The van der Waals surface area contributed by atoms with Gasteiger partial charge in [0, 0.05) is 30.0 Å². The number of hydrogen-bond donors (Lipinski definition) is 0. The summed E-state index contributed by atoms with van der Waals surface area (Å²) in [5.74, 6) is 0.729. The molecule has 210 valence electrons. The third-order valence-corrected chi connectivity index (χ3v) is 8.93. The number of benzene rings is 3. The summed E-state index contributed by atoms with van der Waals surface area (Å²) in [6.07, 6.45) is 2.43. The highest BCUT2D eigenvalue weighted by Gasteiger charge is 2.52. The summed E-state index contributed by atoms with van der Waals surface area (Å²) in [6, 6.07) is 26.5. The number of ether oxygens (including phenoxy) is 1. The van der Waals surface area contributed by atoms with Gasteiger partial charge >= 0.3 is 5.97 Å². The summed E-state index contributed by atoms with van der Waals surface area (Å²) in [5, 5.41) is 4.35. The highest BCUT2D eigenvalue weighted by molar-refractivity contribution is 5.88. The van der Waals surface area contributed by atoms with Crippen molar-refractivity contribution in [1.29, 1.82) is 0 Å². The van der Waals surface area contributed by atoms with Crippen LogP contribution in [0.2, 0.25) is 0 Å². The normalized spacial score (nSPS) is 19.3. The summed E-state index contributed by atoms with van der Waals surface area (Å²) < 4.78 is 11.3. The molecule has 41 heavy (non-hydrogen) atoms. The van der Waals surface area contributed by atoms with Gasteiger partial charge in [0.2, 0.25) is 5.91 Å². The van der Waals surface area contributed by atoms with Gasteiger partial charge in [0.1, 0.15) is 0 Å². The van der Waals surface area contributed by atoms with Crippen LogP contribution in [0.1, 0.15) is 67.5 Å². The average Bonchev–Trinajstić information content (AvgIpc) is 3.94. The van der Waals surface area contributed by atoms with Gasteiger partial charge in [0.15, 0.2) is 5.76 Å². The largest absolute Gasteiger partial charge is 0.465 e. The highest BCUT2D eigenvalue weighted by atomic mass is 16.5. The van der Waals surface area contributed by atoms with Gasteiger partial charge < -0.3 is 14.2 Å². The molecular weight excluding hydrogens is 512 g/mol. The predicted molar refractivity (Wildman–Crippen MR) is 158 cm³/mol. The Morgan fingerprint density at radius 3 is 2.32 bits per heavy atom. The van der Waals surface area contributed by atoms with Crippen LogP contribution in [-0.2, 0) is 19.7 Å². The van der Waals surface area contributed by atoms with Gasteiger partial charge in [0.25, 0.3) is 0 Å². The lowest BCUT2D eigenvalue weighted by molar-refractivity contribution is -0.146. The van der Waals surface area contributed by atoms with Crippen molar-refractivity contribution < 1.29 is 18.8 Å². The van der Waals surface area contributed by atoms with Crippen LogP contribution in [0.4, 0.5) is 0 Å². The Bertz CT molecular complexity index is 1570. The fourth-order valence-electron chi connectivity index (χ4n) is 6.11. The minimum absolute atomic E-state index is 0.00436. The first kappa shape index (κ1) is 27.0. The number of carbonyl (C=O) groups excluding carboxylic acids is 2. The Labute approximate surface area is 241 Å². The summed E-state index contributed by atoms with van der Waals surface area (Å²) in [4.78, 5) is 28.0. The van der Waals surface area contributed by atoms with Crippen molar-refractivity contribution >= 4 is 11.9 Å². The van der Waals surface area contributed by atoms with Crippen molar-refractivity contribution in [2.75, 3.05) is 13.7 Å². The zero-order chi connectivity index (χ0) is 28.7. The van der Waals surface area contributed by atoms with Gasteiger partial charge in [-0.05, 0) is 62.3 Å². The van der Waals surface area contributed by atoms with Gasteiger partial charge in [-0.2, -0.15) is 0 Å². The Hall–Kier alpha value is -4.19. The van der Waals surface area contributed by atoms with Gasteiger partial charge in [0.05, 0.1) is 23.8 Å². The molecule has 1 aromatic heterocycles. The van der Waals surface area contributed by atoms with E-state index in [9.17, 15) is 9.59 Å². The van der Waals surface area contributed by atoms with Crippen molar-refractivity contribution in [2.24, 2.45) is 5.92 Å². The number of carbonyl (C=O) groups is 2. The van der Waals surface area contributed by atoms with E-state index in [-0.39, 0.29) is 29.8 Å². The first-order chi connectivity index (χ1) is 19.9. The van der Waals surface area contributed by atoms with Crippen LogP contribution in [-0.4, -0.2) is 35.6 Å². The molecule has 6 rings (SSSR count). The molecule has 0 spiro atoms. The summed E-state index contributed by atoms with van der Waals surface area (Å²) in [7, 11) is 1.89. The van der Waals surface area contributed by atoms with Gasteiger partial charge in [-0.25, -0.2) is 0 Å². The van der Waals surface area contributed by atoms with E-state index in [2.05, 4.69) is 48.5 Å². The van der Waals surface area contributed by atoms with Crippen LogP contribution < -0.4 is 0 Å². The summed E-state index contributed by atoms with van der Waals surface area (Å²) in [6.45, 7) is 6.26. The third kappa shape index (κ3) is 4.86. The molecule has 2 saturated carbocycles. The number of nitrogens with zero attached hydrogens (tertiary/aromatic N) is 2. The quantitative estimate of drug-likeness (QED) is 0.206. The second-order valence-corrected chi connectivity index (χ2v) is 11.4. The van der Waals surface area contributed by atoms with E-state index in [1.807, 2.05) is 68.3 Å². The van der Waals surface area contributed by atoms with E-state index < -0.39 is 5.41 Å². The number of rotatable bonds is 9. The van der Waals surface area contributed by atoms with E-state index in [1.54, 1.807) is 0 Å². The molecule has 3 atom stereocenters. The minimum Gasteiger partial charge on any atom is -0.465 e. The lowest BCUT2D eigenvalue weighted by atomic mass is 9.91. The maximum Gasteiger partial charge on any atom is 0.316 e. The molecule has 2 aliphatic carbocycles. The van der Waals surface area contributed by atoms with Crippen molar-refractivity contribution in [3.63, 3.8) is 0 Å². The fourth-order valence-corrected chi connectivity index (χ4v) is 6.11.